The summed E-state index contributed by atoms with van der Waals surface area (Å²) in [7, 11) is 0. The van der Waals surface area contributed by atoms with E-state index in [0.717, 1.165) is 18.7 Å². The lowest BCUT2D eigenvalue weighted by molar-refractivity contribution is 0.0956. The summed E-state index contributed by atoms with van der Waals surface area (Å²) < 4.78 is 0. The molecule has 0 aliphatic carbocycles. The number of rotatable bonds is 8. The van der Waals surface area contributed by atoms with Gasteiger partial charge in [-0.1, -0.05) is 13.0 Å². The van der Waals surface area contributed by atoms with Gasteiger partial charge in [-0.25, -0.2) is 0 Å². The van der Waals surface area contributed by atoms with Gasteiger partial charge < -0.3 is 10.6 Å². The smallest absolute Gasteiger partial charge is 0.251 e. The zero-order valence-electron chi connectivity index (χ0n) is 11.2. The fraction of sp³-hybridized carbons (Fsp3) is 0.500. The fourth-order valence-corrected chi connectivity index (χ4v) is 2.22. The number of nitrogens with one attached hydrogen (secondary N) is 2. The van der Waals surface area contributed by atoms with Crippen molar-refractivity contribution in [2.75, 3.05) is 29.9 Å². The molecule has 2 N–H and O–H groups in total. The van der Waals surface area contributed by atoms with E-state index in [9.17, 15) is 4.79 Å². The van der Waals surface area contributed by atoms with E-state index in [0.29, 0.717) is 12.1 Å². The molecule has 1 aromatic carbocycles. The van der Waals surface area contributed by atoms with E-state index in [2.05, 4.69) is 17.6 Å². The summed E-state index contributed by atoms with van der Waals surface area (Å²) in [4.78, 5) is 11.7. The molecular weight excluding hydrogens is 244 g/mol. The molecule has 1 rings (SSSR count). The first-order valence-corrected chi connectivity index (χ1v) is 7.63. The van der Waals surface area contributed by atoms with Crippen LogP contribution < -0.4 is 10.6 Å². The number of amides is 1. The first kappa shape index (κ1) is 14.9. The number of anilines is 1. The van der Waals surface area contributed by atoms with Gasteiger partial charge in [-0.05, 0) is 43.0 Å². The second-order valence-corrected chi connectivity index (χ2v) is 5.31. The topological polar surface area (TPSA) is 41.1 Å². The van der Waals surface area contributed by atoms with Gasteiger partial charge in [-0.15, -0.1) is 0 Å². The van der Waals surface area contributed by atoms with Crippen molar-refractivity contribution < 1.29 is 4.79 Å². The lowest BCUT2D eigenvalue weighted by Gasteiger charge is -2.08. The summed E-state index contributed by atoms with van der Waals surface area (Å²) in [6.45, 7) is 5.70. The Bertz CT molecular complexity index is 369. The van der Waals surface area contributed by atoms with E-state index in [-0.39, 0.29) is 5.91 Å². The lowest BCUT2D eigenvalue weighted by atomic mass is 10.2. The van der Waals surface area contributed by atoms with E-state index in [1.807, 2.05) is 43.0 Å². The van der Waals surface area contributed by atoms with Crippen LogP contribution in [0.25, 0.3) is 0 Å². The van der Waals surface area contributed by atoms with E-state index >= 15 is 0 Å². The summed E-state index contributed by atoms with van der Waals surface area (Å²) >= 11 is 1.95. The number of carbonyl (C=O) groups is 1. The molecule has 0 aliphatic heterocycles. The van der Waals surface area contributed by atoms with Gasteiger partial charge >= 0.3 is 0 Å². The molecule has 0 saturated heterocycles. The second-order valence-electron chi connectivity index (χ2n) is 3.92. The third-order valence-corrected chi connectivity index (χ3v) is 3.45. The molecule has 0 aromatic heterocycles. The Morgan fingerprint density at radius 3 is 2.89 bits per heavy atom. The van der Waals surface area contributed by atoms with Crippen LogP contribution in [0, 0.1) is 0 Å². The van der Waals surface area contributed by atoms with E-state index in [1.165, 1.54) is 11.5 Å². The Morgan fingerprint density at radius 2 is 2.17 bits per heavy atom. The van der Waals surface area contributed by atoms with Gasteiger partial charge in [0, 0.05) is 24.3 Å². The fourth-order valence-electron chi connectivity index (χ4n) is 1.58. The van der Waals surface area contributed by atoms with E-state index in [4.69, 9.17) is 0 Å². The normalized spacial score (nSPS) is 10.1. The molecule has 18 heavy (non-hydrogen) atoms. The molecule has 0 atom stereocenters. The monoisotopic (exact) mass is 266 g/mol. The minimum absolute atomic E-state index is 0.0114. The highest BCUT2D eigenvalue weighted by atomic mass is 32.2. The van der Waals surface area contributed by atoms with Crippen LogP contribution in [-0.2, 0) is 0 Å². The molecular formula is C14H22N2OS. The first-order valence-electron chi connectivity index (χ1n) is 6.47. The minimum atomic E-state index is -0.0114. The van der Waals surface area contributed by atoms with Crippen LogP contribution in [0.2, 0.25) is 0 Å². The quantitative estimate of drug-likeness (QED) is 0.711. The first-order chi connectivity index (χ1) is 8.77. The largest absolute Gasteiger partial charge is 0.385 e. The van der Waals surface area contributed by atoms with Gasteiger partial charge in [0.05, 0.1) is 0 Å². The molecule has 4 heteroatoms. The van der Waals surface area contributed by atoms with Gasteiger partial charge in [0.2, 0.25) is 0 Å². The number of hydrogen-bond donors (Lipinski definition) is 2. The molecule has 0 aliphatic rings. The molecule has 1 amide bonds. The van der Waals surface area contributed by atoms with Crippen molar-refractivity contribution in [2.24, 2.45) is 0 Å². The molecule has 0 radical (unpaired) electrons. The predicted molar refractivity (Wildman–Crippen MR) is 80.6 cm³/mol. The van der Waals surface area contributed by atoms with Crippen molar-refractivity contribution >= 4 is 23.4 Å². The predicted octanol–water partition coefficient (Wildman–Crippen LogP) is 2.99. The van der Waals surface area contributed by atoms with Crippen LogP contribution in [0.5, 0.6) is 0 Å². The number of hydrogen-bond acceptors (Lipinski definition) is 3. The van der Waals surface area contributed by atoms with Crippen molar-refractivity contribution in [3.05, 3.63) is 29.8 Å². The van der Waals surface area contributed by atoms with Crippen molar-refractivity contribution in [1.82, 2.24) is 5.32 Å². The molecule has 0 unspecified atom stereocenters. The Labute approximate surface area is 114 Å². The molecule has 100 valence electrons. The third kappa shape index (κ3) is 5.45. The maximum Gasteiger partial charge on any atom is 0.251 e. The van der Waals surface area contributed by atoms with Crippen molar-refractivity contribution in [2.45, 2.75) is 20.3 Å². The maximum absolute atomic E-state index is 11.7. The highest BCUT2D eigenvalue weighted by molar-refractivity contribution is 7.99. The third-order valence-electron chi connectivity index (χ3n) is 2.46. The molecule has 0 fully saturated rings. The molecule has 1 aromatic rings. The molecule has 0 bridgehead atoms. The lowest BCUT2D eigenvalue weighted by Crippen LogP contribution is -2.22. The Hall–Kier alpha value is -1.16. The van der Waals surface area contributed by atoms with Crippen molar-refractivity contribution in [1.29, 1.82) is 0 Å². The van der Waals surface area contributed by atoms with Crippen LogP contribution in [0.15, 0.2) is 24.3 Å². The van der Waals surface area contributed by atoms with Gasteiger partial charge in [-0.3, -0.25) is 4.79 Å². The summed E-state index contributed by atoms with van der Waals surface area (Å²) in [5.41, 5.74) is 1.73. The maximum atomic E-state index is 11.7. The van der Waals surface area contributed by atoms with Gasteiger partial charge in [0.15, 0.2) is 0 Å². The Morgan fingerprint density at radius 1 is 1.33 bits per heavy atom. The van der Waals surface area contributed by atoms with Gasteiger partial charge in [0.25, 0.3) is 5.91 Å². The van der Waals surface area contributed by atoms with Gasteiger partial charge in [-0.2, -0.15) is 11.8 Å². The van der Waals surface area contributed by atoms with E-state index < -0.39 is 0 Å². The summed E-state index contributed by atoms with van der Waals surface area (Å²) in [5, 5.41) is 6.15. The number of thioether (sulfide) groups is 1. The van der Waals surface area contributed by atoms with Crippen molar-refractivity contribution in [3.8, 4) is 0 Å². The average molecular weight is 266 g/mol. The van der Waals surface area contributed by atoms with Crippen LogP contribution in [0.1, 0.15) is 30.6 Å². The molecule has 0 spiro atoms. The number of benzene rings is 1. The highest BCUT2D eigenvalue weighted by Crippen LogP contribution is 2.11. The van der Waals surface area contributed by atoms with Crippen LogP contribution in [0.3, 0.4) is 0 Å². The highest BCUT2D eigenvalue weighted by Gasteiger charge is 2.03. The molecule has 3 nitrogen and oxygen atoms in total. The Balaban J connectivity index is 2.42. The summed E-state index contributed by atoms with van der Waals surface area (Å²) in [6.07, 6.45) is 1.14. The number of carbonyl (C=O) groups excluding carboxylic acids is 1. The Kier molecular flexibility index (Phi) is 7.34. The average Bonchev–Trinajstić information content (AvgIpc) is 2.39. The zero-order valence-corrected chi connectivity index (χ0v) is 12.0. The SMILES string of the molecule is CCNC(=O)c1cccc(NCCCSCC)c1. The van der Waals surface area contributed by atoms with Crippen LogP contribution in [0.4, 0.5) is 5.69 Å². The molecule has 0 heterocycles. The van der Waals surface area contributed by atoms with Crippen molar-refractivity contribution in [3.63, 3.8) is 0 Å². The van der Waals surface area contributed by atoms with Gasteiger partial charge in [0.1, 0.15) is 0 Å². The molecule has 0 saturated carbocycles. The van der Waals surface area contributed by atoms with Crippen LogP contribution in [-0.4, -0.2) is 30.5 Å². The van der Waals surface area contributed by atoms with Crippen LogP contribution >= 0.6 is 11.8 Å². The van der Waals surface area contributed by atoms with E-state index in [1.54, 1.807) is 0 Å². The second kappa shape index (κ2) is 8.86. The summed E-state index contributed by atoms with van der Waals surface area (Å²) in [6, 6.07) is 7.64. The standard InChI is InChI=1S/C14H22N2OS/c1-3-15-14(17)12-7-5-8-13(11-12)16-9-6-10-18-4-2/h5,7-8,11,16H,3-4,6,9-10H2,1-2H3,(H,15,17). The summed E-state index contributed by atoms with van der Waals surface area (Å²) in [5.74, 6) is 2.34. The zero-order chi connectivity index (χ0) is 13.2. The minimum Gasteiger partial charge on any atom is -0.385 e.